The molecule has 0 unspecified atom stereocenters. The van der Waals surface area contributed by atoms with Gasteiger partial charge < -0.3 is 0 Å². The van der Waals surface area contributed by atoms with Crippen molar-refractivity contribution in [1.82, 2.24) is 0 Å². The normalized spacial score (nSPS) is 11.6. The van der Waals surface area contributed by atoms with Crippen LogP contribution in [0.5, 0.6) is 0 Å². The fourth-order valence-electron chi connectivity index (χ4n) is 1.79. The maximum absolute atomic E-state index is 13.5. The number of sulfonamides is 1. The van der Waals surface area contributed by atoms with Crippen molar-refractivity contribution in [2.45, 2.75) is 18.2 Å². The van der Waals surface area contributed by atoms with Crippen molar-refractivity contribution in [3.05, 3.63) is 58.9 Å². The topological polar surface area (TPSA) is 46.2 Å². The maximum Gasteiger partial charge on any atom is 0.262 e. The predicted molar refractivity (Wildman–Crippen MR) is 72.9 cm³/mol. The molecule has 0 saturated heterocycles. The summed E-state index contributed by atoms with van der Waals surface area (Å²) >= 11 is 0. The highest BCUT2D eigenvalue weighted by atomic mass is 32.2. The Hall–Kier alpha value is -2.16. The van der Waals surface area contributed by atoms with E-state index in [1.165, 1.54) is 16.9 Å². The molecule has 2 aromatic rings. The summed E-state index contributed by atoms with van der Waals surface area (Å²) in [5, 5.41) is 0. The molecular formula is C14H10F5NO2S. The van der Waals surface area contributed by atoms with Gasteiger partial charge in [-0.1, -0.05) is 19.1 Å². The van der Waals surface area contributed by atoms with Crippen LogP contribution in [0.1, 0.15) is 12.5 Å². The molecule has 0 fully saturated rings. The summed E-state index contributed by atoms with van der Waals surface area (Å²) < 4.78 is 91.6. The number of halogens is 5. The zero-order chi connectivity index (χ0) is 17.4. The Morgan fingerprint density at radius 3 is 1.70 bits per heavy atom. The molecule has 0 aromatic heterocycles. The lowest BCUT2D eigenvalue weighted by atomic mass is 10.2. The smallest absolute Gasteiger partial charge is 0.262 e. The highest BCUT2D eigenvalue weighted by Gasteiger charge is 2.28. The van der Waals surface area contributed by atoms with Gasteiger partial charge in [-0.2, -0.15) is 0 Å². The van der Waals surface area contributed by atoms with E-state index in [4.69, 9.17) is 0 Å². The van der Waals surface area contributed by atoms with Crippen LogP contribution in [-0.2, 0) is 16.4 Å². The lowest BCUT2D eigenvalue weighted by Gasteiger charge is -2.11. The molecule has 2 aromatic carbocycles. The van der Waals surface area contributed by atoms with E-state index in [9.17, 15) is 30.4 Å². The number of benzene rings is 2. The van der Waals surface area contributed by atoms with Crippen LogP contribution in [-0.4, -0.2) is 8.42 Å². The summed E-state index contributed by atoms with van der Waals surface area (Å²) in [6.07, 6.45) is 0.630. The third-order valence-electron chi connectivity index (χ3n) is 3.09. The van der Waals surface area contributed by atoms with Gasteiger partial charge in [-0.25, -0.2) is 30.4 Å². The number of hydrogen-bond donors (Lipinski definition) is 1. The third kappa shape index (κ3) is 3.14. The molecule has 0 amide bonds. The molecule has 0 spiro atoms. The van der Waals surface area contributed by atoms with Gasteiger partial charge >= 0.3 is 0 Å². The Bertz CT molecular complexity index is 821. The molecule has 0 atom stereocenters. The average molecular weight is 351 g/mol. The summed E-state index contributed by atoms with van der Waals surface area (Å²) in [6.45, 7) is 1.83. The molecule has 0 heterocycles. The quantitative estimate of drug-likeness (QED) is 0.518. The van der Waals surface area contributed by atoms with Crippen molar-refractivity contribution in [2.24, 2.45) is 0 Å². The van der Waals surface area contributed by atoms with Gasteiger partial charge in [0.05, 0.1) is 4.90 Å². The molecule has 2 rings (SSSR count). The zero-order valence-corrected chi connectivity index (χ0v) is 12.4. The van der Waals surface area contributed by atoms with Crippen LogP contribution in [0.2, 0.25) is 0 Å². The largest absolute Gasteiger partial charge is 0.274 e. The lowest BCUT2D eigenvalue weighted by molar-refractivity contribution is 0.382. The molecule has 3 nitrogen and oxygen atoms in total. The van der Waals surface area contributed by atoms with E-state index in [-0.39, 0.29) is 4.90 Å². The van der Waals surface area contributed by atoms with E-state index in [0.717, 1.165) is 17.7 Å². The molecule has 124 valence electrons. The van der Waals surface area contributed by atoms with Gasteiger partial charge in [-0.15, -0.1) is 0 Å². The zero-order valence-electron chi connectivity index (χ0n) is 11.6. The van der Waals surface area contributed by atoms with Crippen molar-refractivity contribution >= 4 is 15.7 Å². The minimum atomic E-state index is -4.52. The van der Waals surface area contributed by atoms with Crippen molar-refractivity contribution in [1.29, 1.82) is 0 Å². The van der Waals surface area contributed by atoms with Crippen LogP contribution in [0, 0.1) is 29.1 Å². The number of anilines is 1. The third-order valence-corrected chi connectivity index (χ3v) is 4.45. The summed E-state index contributed by atoms with van der Waals surface area (Å²) in [4.78, 5) is -0.376. The summed E-state index contributed by atoms with van der Waals surface area (Å²) in [5.74, 6) is -11.3. The number of nitrogens with one attached hydrogen (secondary N) is 1. The predicted octanol–water partition coefficient (Wildman–Crippen LogP) is 3.75. The van der Waals surface area contributed by atoms with Crippen molar-refractivity contribution < 1.29 is 30.4 Å². The fraction of sp³-hybridized carbons (Fsp3) is 0.143. The Morgan fingerprint density at radius 1 is 0.826 bits per heavy atom. The molecule has 0 radical (unpaired) electrons. The molecule has 0 aliphatic carbocycles. The molecule has 9 heteroatoms. The first-order chi connectivity index (χ1) is 10.7. The molecule has 0 bridgehead atoms. The van der Waals surface area contributed by atoms with E-state index < -0.39 is 44.8 Å². The summed E-state index contributed by atoms with van der Waals surface area (Å²) in [7, 11) is -4.52. The first-order valence-electron chi connectivity index (χ1n) is 6.32. The fourth-order valence-corrected chi connectivity index (χ4v) is 2.85. The highest BCUT2D eigenvalue weighted by Crippen LogP contribution is 2.29. The number of rotatable bonds is 4. The number of aryl methyl sites for hydroxylation is 1. The van der Waals surface area contributed by atoms with Gasteiger partial charge in [-0.3, -0.25) is 4.72 Å². The van der Waals surface area contributed by atoms with Gasteiger partial charge in [0.15, 0.2) is 23.3 Å². The average Bonchev–Trinajstić information content (AvgIpc) is 2.55. The molecule has 23 heavy (non-hydrogen) atoms. The molecular weight excluding hydrogens is 341 g/mol. The minimum Gasteiger partial charge on any atom is -0.274 e. The Balaban J connectivity index is 2.49. The molecule has 0 aliphatic rings. The van der Waals surface area contributed by atoms with Gasteiger partial charge in [0, 0.05) is 0 Å². The van der Waals surface area contributed by atoms with Crippen molar-refractivity contribution in [3.63, 3.8) is 0 Å². The summed E-state index contributed by atoms with van der Waals surface area (Å²) in [5.41, 5.74) is -0.818. The summed E-state index contributed by atoms with van der Waals surface area (Å²) in [6, 6.07) is 5.25. The second kappa shape index (κ2) is 6.15. The van der Waals surface area contributed by atoms with Crippen LogP contribution in [0.25, 0.3) is 0 Å². The lowest BCUT2D eigenvalue weighted by Crippen LogP contribution is -2.17. The first kappa shape index (κ1) is 17.2. The van der Waals surface area contributed by atoms with Crippen LogP contribution in [0.3, 0.4) is 0 Å². The van der Waals surface area contributed by atoms with Gasteiger partial charge in [0.1, 0.15) is 5.69 Å². The van der Waals surface area contributed by atoms with E-state index in [2.05, 4.69) is 0 Å². The van der Waals surface area contributed by atoms with Crippen molar-refractivity contribution in [2.75, 3.05) is 4.72 Å². The molecule has 0 saturated carbocycles. The van der Waals surface area contributed by atoms with E-state index in [0.29, 0.717) is 6.42 Å². The van der Waals surface area contributed by atoms with E-state index in [1.54, 1.807) is 0 Å². The van der Waals surface area contributed by atoms with Gasteiger partial charge in [-0.05, 0) is 24.1 Å². The van der Waals surface area contributed by atoms with Crippen LogP contribution in [0.15, 0.2) is 29.2 Å². The monoisotopic (exact) mass is 351 g/mol. The Labute approximate surface area is 128 Å². The van der Waals surface area contributed by atoms with Crippen LogP contribution in [0.4, 0.5) is 27.6 Å². The highest BCUT2D eigenvalue weighted by molar-refractivity contribution is 7.92. The molecule has 0 aliphatic heterocycles. The second-order valence-electron chi connectivity index (χ2n) is 4.55. The Kier molecular flexibility index (Phi) is 4.60. The minimum absolute atomic E-state index is 0.376. The van der Waals surface area contributed by atoms with Gasteiger partial charge in [0.25, 0.3) is 10.0 Å². The standard InChI is InChI=1S/C14H10F5NO2S/c1-2-7-3-5-8(6-4-7)23(21,22)20-14-12(18)10(16)9(15)11(17)13(14)19/h3-6,20H,2H2,1H3. The number of hydrogen-bond acceptors (Lipinski definition) is 2. The van der Waals surface area contributed by atoms with Crippen LogP contribution >= 0.6 is 0 Å². The maximum atomic E-state index is 13.5. The van der Waals surface area contributed by atoms with E-state index >= 15 is 0 Å². The van der Waals surface area contributed by atoms with Gasteiger partial charge in [0.2, 0.25) is 5.82 Å². The Morgan fingerprint density at radius 2 is 1.26 bits per heavy atom. The first-order valence-corrected chi connectivity index (χ1v) is 7.80. The van der Waals surface area contributed by atoms with Crippen molar-refractivity contribution in [3.8, 4) is 0 Å². The molecule has 1 N–H and O–H groups in total. The SMILES string of the molecule is CCc1ccc(S(=O)(=O)Nc2c(F)c(F)c(F)c(F)c2F)cc1. The van der Waals surface area contributed by atoms with Crippen LogP contribution < -0.4 is 4.72 Å². The van der Waals surface area contributed by atoms with E-state index in [1.807, 2.05) is 6.92 Å². The second-order valence-corrected chi connectivity index (χ2v) is 6.23.